The van der Waals surface area contributed by atoms with Crippen molar-refractivity contribution in [3.8, 4) is 0 Å². The van der Waals surface area contributed by atoms with Gasteiger partial charge in [0.05, 0.1) is 16.7 Å². The SMILES string of the molecule is Cc1cccc(C)c1NC(=O)CSc1nc2ccccc2c(=O)n1CCC(C)C. The van der Waals surface area contributed by atoms with Crippen LogP contribution in [0, 0.1) is 19.8 Å². The minimum atomic E-state index is -0.106. The summed E-state index contributed by atoms with van der Waals surface area (Å²) in [5.74, 6) is 0.559. The zero-order valence-electron chi connectivity index (χ0n) is 17.4. The third-order valence-electron chi connectivity index (χ3n) is 4.83. The number of carbonyl (C=O) groups is 1. The van der Waals surface area contributed by atoms with E-state index in [2.05, 4.69) is 24.1 Å². The summed E-state index contributed by atoms with van der Waals surface area (Å²) in [6.07, 6.45) is 0.877. The standard InChI is InChI=1S/C23H27N3O2S/c1-15(2)12-13-26-22(28)18-10-5-6-11-19(18)24-23(26)29-14-20(27)25-21-16(3)8-7-9-17(21)4/h5-11,15H,12-14H2,1-4H3,(H,25,27). The highest BCUT2D eigenvalue weighted by molar-refractivity contribution is 7.99. The molecule has 3 aromatic rings. The number of nitrogens with one attached hydrogen (secondary N) is 1. The van der Waals surface area contributed by atoms with E-state index in [-0.39, 0.29) is 17.2 Å². The van der Waals surface area contributed by atoms with Gasteiger partial charge in [-0.25, -0.2) is 4.98 Å². The molecular weight excluding hydrogens is 382 g/mol. The second-order valence-electron chi connectivity index (χ2n) is 7.65. The van der Waals surface area contributed by atoms with Gasteiger partial charge in [-0.15, -0.1) is 0 Å². The summed E-state index contributed by atoms with van der Waals surface area (Å²) in [6.45, 7) is 8.80. The zero-order chi connectivity index (χ0) is 21.0. The van der Waals surface area contributed by atoms with E-state index in [9.17, 15) is 9.59 Å². The van der Waals surface area contributed by atoms with E-state index >= 15 is 0 Å². The maximum Gasteiger partial charge on any atom is 0.262 e. The van der Waals surface area contributed by atoms with Gasteiger partial charge in [0.25, 0.3) is 5.56 Å². The second-order valence-corrected chi connectivity index (χ2v) is 8.60. The molecule has 0 bridgehead atoms. The largest absolute Gasteiger partial charge is 0.325 e. The Balaban J connectivity index is 1.83. The Morgan fingerprint density at radius 1 is 1.10 bits per heavy atom. The van der Waals surface area contributed by atoms with Gasteiger partial charge in [-0.05, 0) is 49.4 Å². The van der Waals surface area contributed by atoms with Crippen molar-refractivity contribution in [2.75, 3.05) is 11.1 Å². The van der Waals surface area contributed by atoms with E-state index < -0.39 is 0 Å². The molecule has 1 aromatic heterocycles. The predicted molar refractivity (Wildman–Crippen MR) is 121 cm³/mol. The quantitative estimate of drug-likeness (QED) is 0.450. The van der Waals surface area contributed by atoms with E-state index in [1.54, 1.807) is 10.6 Å². The minimum absolute atomic E-state index is 0.0473. The number of aryl methyl sites for hydroxylation is 2. The lowest BCUT2D eigenvalue weighted by Gasteiger charge is -2.15. The number of para-hydroxylation sites is 2. The van der Waals surface area contributed by atoms with Gasteiger partial charge in [-0.2, -0.15) is 0 Å². The van der Waals surface area contributed by atoms with Crippen LogP contribution in [0.1, 0.15) is 31.4 Å². The molecule has 0 saturated heterocycles. The summed E-state index contributed by atoms with van der Waals surface area (Å²) in [5, 5.41) is 4.20. The molecule has 1 heterocycles. The maximum atomic E-state index is 13.0. The smallest absolute Gasteiger partial charge is 0.262 e. The van der Waals surface area contributed by atoms with Crippen LogP contribution in [-0.2, 0) is 11.3 Å². The van der Waals surface area contributed by atoms with E-state index in [0.717, 1.165) is 23.2 Å². The first kappa shape index (κ1) is 21.1. The number of fused-ring (bicyclic) bond motifs is 1. The molecule has 0 atom stereocenters. The Bertz CT molecular complexity index is 1070. The fraction of sp³-hybridized carbons (Fsp3) is 0.348. The van der Waals surface area contributed by atoms with Crippen LogP contribution in [0.15, 0.2) is 52.4 Å². The maximum absolute atomic E-state index is 13.0. The number of amides is 1. The summed E-state index contributed by atoms with van der Waals surface area (Å²) in [6, 6.07) is 13.3. The molecule has 0 saturated carbocycles. The number of nitrogens with zero attached hydrogens (tertiary/aromatic N) is 2. The van der Waals surface area contributed by atoms with Crippen LogP contribution in [-0.4, -0.2) is 21.2 Å². The van der Waals surface area contributed by atoms with Crippen molar-refractivity contribution >= 4 is 34.3 Å². The van der Waals surface area contributed by atoms with Gasteiger partial charge in [-0.1, -0.05) is 55.9 Å². The molecule has 2 aromatic carbocycles. The molecule has 0 fully saturated rings. The van der Waals surface area contributed by atoms with Crippen molar-refractivity contribution in [1.82, 2.24) is 9.55 Å². The molecule has 0 unspecified atom stereocenters. The Labute approximate surface area is 175 Å². The number of thioether (sulfide) groups is 1. The summed E-state index contributed by atoms with van der Waals surface area (Å²) < 4.78 is 1.71. The summed E-state index contributed by atoms with van der Waals surface area (Å²) in [5.41, 5.74) is 3.52. The summed E-state index contributed by atoms with van der Waals surface area (Å²) >= 11 is 1.31. The van der Waals surface area contributed by atoms with Crippen LogP contribution in [0.25, 0.3) is 10.9 Å². The molecule has 29 heavy (non-hydrogen) atoms. The Kier molecular flexibility index (Phi) is 6.75. The highest BCUT2D eigenvalue weighted by Gasteiger charge is 2.14. The van der Waals surface area contributed by atoms with Crippen LogP contribution >= 0.6 is 11.8 Å². The lowest BCUT2D eigenvalue weighted by Crippen LogP contribution is -2.25. The average Bonchev–Trinajstić information content (AvgIpc) is 2.68. The number of anilines is 1. The molecule has 5 nitrogen and oxygen atoms in total. The van der Waals surface area contributed by atoms with Gasteiger partial charge in [0.2, 0.25) is 5.91 Å². The third-order valence-corrected chi connectivity index (χ3v) is 5.81. The molecule has 0 spiro atoms. The Morgan fingerprint density at radius 3 is 2.48 bits per heavy atom. The molecule has 3 rings (SSSR count). The molecule has 0 aliphatic heterocycles. The van der Waals surface area contributed by atoms with Crippen molar-refractivity contribution < 1.29 is 4.79 Å². The molecule has 0 aliphatic carbocycles. The second kappa shape index (κ2) is 9.27. The normalized spacial score (nSPS) is 11.2. The van der Waals surface area contributed by atoms with E-state index in [0.29, 0.717) is 28.5 Å². The monoisotopic (exact) mass is 409 g/mol. The third kappa shape index (κ3) is 5.07. The fourth-order valence-electron chi connectivity index (χ4n) is 3.16. The van der Waals surface area contributed by atoms with E-state index in [1.807, 2.05) is 50.2 Å². The number of rotatable bonds is 7. The molecular formula is C23H27N3O2S. The fourth-order valence-corrected chi connectivity index (χ4v) is 3.98. The molecule has 152 valence electrons. The molecule has 1 N–H and O–H groups in total. The Hall–Kier alpha value is -2.60. The predicted octanol–water partition coefficient (Wildman–Crippen LogP) is 4.79. The molecule has 0 radical (unpaired) electrons. The van der Waals surface area contributed by atoms with E-state index in [1.165, 1.54) is 11.8 Å². The van der Waals surface area contributed by atoms with Gasteiger partial charge < -0.3 is 5.32 Å². The van der Waals surface area contributed by atoms with Crippen LogP contribution in [0.5, 0.6) is 0 Å². The highest BCUT2D eigenvalue weighted by atomic mass is 32.2. The van der Waals surface area contributed by atoms with Gasteiger partial charge in [0.1, 0.15) is 0 Å². The van der Waals surface area contributed by atoms with Gasteiger partial charge in [0.15, 0.2) is 5.16 Å². The highest BCUT2D eigenvalue weighted by Crippen LogP contribution is 2.22. The van der Waals surface area contributed by atoms with Crippen LogP contribution < -0.4 is 10.9 Å². The summed E-state index contributed by atoms with van der Waals surface area (Å²) in [7, 11) is 0. The first-order chi connectivity index (χ1) is 13.9. The average molecular weight is 410 g/mol. The number of carbonyl (C=O) groups excluding carboxylic acids is 1. The lowest BCUT2D eigenvalue weighted by atomic mass is 10.1. The first-order valence-corrected chi connectivity index (χ1v) is 10.8. The number of hydrogen-bond acceptors (Lipinski definition) is 4. The zero-order valence-corrected chi connectivity index (χ0v) is 18.2. The molecule has 6 heteroatoms. The van der Waals surface area contributed by atoms with E-state index in [4.69, 9.17) is 0 Å². The van der Waals surface area contributed by atoms with Gasteiger partial charge in [0, 0.05) is 12.2 Å². The Morgan fingerprint density at radius 2 is 1.79 bits per heavy atom. The number of aromatic nitrogens is 2. The lowest BCUT2D eigenvalue weighted by molar-refractivity contribution is -0.113. The van der Waals surface area contributed by atoms with Crippen molar-refractivity contribution in [2.24, 2.45) is 5.92 Å². The number of benzene rings is 2. The number of hydrogen-bond donors (Lipinski definition) is 1. The van der Waals surface area contributed by atoms with Crippen molar-refractivity contribution in [3.05, 3.63) is 63.9 Å². The van der Waals surface area contributed by atoms with Crippen molar-refractivity contribution in [3.63, 3.8) is 0 Å². The molecule has 1 amide bonds. The first-order valence-electron chi connectivity index (χ1n) is 9.85. The van der Waals surface area contributed by atoms with Crippen molar-refractivity contribution in [2.45, 2.75) is 45.8 Å². The topological polar surface area (TPSA) is 64.0 Å². The molecule has 0 aliphatic rings. The van der Waals surface area contributed by atoms with Gasteiger partial charge >= 0.3 is 0 Å². The van der Waals surface area contributed by atoms with Crippen molar-refractivity contribution in [1.29, 1.82) is 0 Å². The van der Waals surface area contributed by atoms with Crippen LogP contribution in [0.2, 0.25) is 0 Å². The van der Waals surface area contributed by atoms with Crippen LogP contribution in [0.4, 0.5) is 5.69 Å². The van der Waals surface area contributed by atoms with Gasteiger partial charge in [-0.3, -0.25) is 14.2 Å². The van der Waals surface area contributed by atoms with Crippen LogP contribution in [0.3, 0.4) is 0 Å². The minimum Gasteiger partial charge on any atom is -0.325 e. The summed E-state index contributed by atoms with van der Waals surface area (Å²) in [4.78, 5) is 30.2.